The van der Waals surface area contributed by atoms with Crippen molar-refractivity contribution in [3.63, 3.8) is 0 Å². The molecule has 1 aliphatic carbocycles. The number of benzene rings is 2. The minimum Gasteiger partial charge on any atom is -0.369 e. The Morgan fingerprint density at radius 1 is 1.03 bits per heavy atom. The van der Waals surface area contributed by atoms with Gasteiger partial charge in [0, 0.05) is 11.6 Å². The smallest absolute Gasteiger partial charge is 0.251 e. The van der Waals surface area contributed by atoms with Gasteiger partial charge in [-0.2, -0.15) is 0 Å². The third-order valence-electron chi connectivity index (χ3n) is 5.81. The summed E-state index contributed by atoms with van der Waals surface area (Å²) in [6.45, 7) is 10.9. The number of rotatable bonds is 7. The lowest BCUT2D eigenvalue weighted by molar-refractivity contribution is -0.117. The molecule has 30 heavy (non-hydrogen) atoms. The molecule has 2 aromatic rings. The highest BCUT2D eigenvalue weighted by molar-refractivity contribution is 5.94. The number of primary amides is 1. The fourth-order valence-electron chi connectivity index (χ4n) is 3.96. The second-order valence-corrected chi connectivity index (χ2v) is 10.3. The van der Waals surface area contributed by atoms with Crippen LogP contribution in [0, 0.1) is 0 Å². The van der Waals surface area contributed by atoms with Gasteiger partial charge < -0.3 is 11.1 Å². The summed E-state index contributed by atoms with van der Waals surface area (Å²) in [5.41, 5.74) is 10.5. The Morgan fingerprint density at radius 3 is 2.33 bits per heavy atom. The maximum absolute atomic E-state index is 12.5. The Morgan fingerprint density at radius 2 is 1.73 bits per heavy atom. The molecule has 1 saturated carbocycles. The topological polar surface area (TPSA) is 72.2 Å². The third kappa shape index (κ3) is 5.50. The summed E-state index contributed by atoms with van der Waals surface area (Å²) in [4.78, 5) is 24.0. The van der Waals surface area contributed by atoms with Crippen LogP contribution in [0.5, 0.6) is 0 Å². The summed E-state index contributed by atoms with van der Waals surface area (Å²) in [5, 5.41) is 3.07. The summed E-state index contributed by atoms with van der Waals surface area (Å²) in [6, 6.07) is 14.7. The van der Waals surface area contributed by atoms with Gasteiger partial charge in [0.15, 0.2) is 0 Å². The van der Waals surface area contributed by atoms with Crippen LogP contribution in [0.4, 0.5) is 0 Å². The lowest BCUT2D eigenvalue weighted by Gasteiger charge is -2.28. The number of carbonyl (C=O) groups is 2. The van der Waals surface area contributed by atoms with Crippen LogP contribution in [0.3, 0.4) is 0 Å². The van der Waals surface area contributed by atoms with E-state index >= 15 is 0 Å². The molecule has 0 aliphatic heterocycles. The molecule has 4 nitrogen and oxygen atoms in total. The predicted octanol–water partition coefficient (Wildman–Crippen LogP) is 4.42. The minimum absolute atomic E-state index is 0.0148. The Kier molecular flexibility index (Phi) is 6.07. The number of nitrogens with two attached hydrogens (primary N) is 1. The van der Waals surface area contributed by atoms with E-state index < -0.39 is 0 Å². The maximum Gasteiger partial charge on any atom is 0.251 e. The van der Waals surface area contributed by atoms with Crippen molar-refractivity contribution >= 4 is 11.8 Å². The van der Waals surface area contributed by atoms with Crippen LogP contribution in [0.15, 0.2) is 42.5 Å². The van der Waals surface area contributed by atoms with E-state index in [9.17, 15) is 9.59 Å². The molecular weight excluding hydrogens is 372 g/mol. The summed E-state index contributed by atoms with van der Waals surface area (Å²) in [7, 11) is 0. The maximum atomic E-state index is 12.5. The molecule has 2 aromatic carbocycles. The third-order valence-corrected chi connectivity index (χ3v) is 5.81. The van der Waals surface area contributed by atoms with Crippen molar-refractivity contribution in [2.45, 2.75) is 77.2 Å². The fourth-order valence-corrected chi connectivity index (χ4v) is 3.96. The number of amides is 2. The van der Waals surface area contributed by atoms with Crippen molar-refractivity contribution in [2.75, 3.05) is 0 Å². The van der Waals surface area contributed by atoms with E-state index in [2.05, 4.69) is 58.1 Å². The zero-order valence-electron chi connectivity index (χ0n) is 18.8. The van der Waals surface area contributed by atoms with Gasteiger partial charge in [-0.25, -0.2) is 0 Å². The van der Waals surface area contributed by atoms with Crippen LogP contribution in [0.25, 0.3) is 0 Å². The number of carbonyl (C=O) groups excluding carboxylic acids is 2. The SMILES string of the molecule is CC(C)(C)c1cc(CC(C)(C)c2cccc(C(=O)NC3CC3)c2)ccc1CC(N)=O. The van der Waals surface area contributed by atoms with Crippen LogP contribution in [-0.4, -0.2) is 17.9 Å². The lowest BCUT2D eigenvalue weighted by atomic mass is 9.76. The predicted molar refractivity (Wildman–Crippen MR) is 122 cm³/mol. The molecule has 0 atom stereocenters. The zero-order valence-corrected chi connectivity index (χ0v) is 18.8. The molecule has 4 heteroatoms. The van der Waals surface area contributed by atoms with Gasteiger partial charge >= 0.3 is 0 Å². The van der Waals surface area contributed by atoms with E-state index in [0.717, 1.165) is 41.5 Å². The van der Waals surface area contributed by atoms with E-state index in [-0.39, 0.29) is 29.1 Å². The van der Waals surface area contributed by atoms with Gasteiger partial charge in [-0.3, -0.25) is 9.59 Å². The Bertz CT molecular complexity index is 950. The molecule has 2 amide bonds. The Labute approximate surface area is 180 Å². The molecule has 0 heterocycles. The first-order valence-electron chi connectivity index (χ1n) is 10.8. The highest BCUT2D eigenvalue weighted by Gasteiger charge is 2.27. The number of hydrogen-bond donors (Lipinski definition) is 2. The molecule has 0 radical (unpaired) electrons. The van der Waals surface area contributed by atoms with E-state index in [4.69, 9.17) is 5.73 Å². The highest BCUT2D eigenvalue weighted by Crippen LogP contribution is 2.32. The average molecular weight is 407 g/mol. The van der Waals surface area contributed by atoms with Gasteiger partial charge in [0.05, 0.1) is 6.42 Å². The normalized spacial score (nSPS) is 14.4. The molecule has 1 fully saturated rings. The first-order valence-corrected chi connectivity index (χ1v) is 10.8. The molecule has 160 valence electrons. The first-order chi connectivity index (χ1) is 14.0. The number of hydrogen-bond acceptors (Lipinski definition) is 2. The second kappa shape index (κ2) is 8.25. The van der Waals surface area contributed by atoms with Crippen LogP contribution in [-0.2, 0) is 28.5 Å². The monoisotopic (exact) mass is 406 g/mol. The van der Waals surface area contributed by atoms with Gasteiger partial charge in [-0.1, -0.05) is 65.0 Å². The van der Waals surface area contributed by atoms with Crippen LogP contribution >= 0.6 is 0 Å². The zero-order chi connectivity index (χ0) is 22.1. The molecule has 1 aliphatic rings. The molecule has 0 aromatic heterocycles. The molecular formula is C26H34N2O2. The van der Waals surface area contributed by atoms with Gasteiger partial charge in [0.2, 0.25) is 5.91 Å². The van der Waals surface area contributed by atoms with E-state index in [1.807, 2.05) is 24.3 Å². The van der Waals surface area contributed by atoms with Crippen molar-refractivity contribution in [1.29, 1.82) is 0 Å². The molecule has 0 spiro atoms. The van der Waals surface area contributed by atoms with E-state index in [1.165, 1.54) is 5.56 Å². The Hall–Kier alpha value is -2.62. The number of nitrogens with one attached hydrogen (secondary N) is 1. The standard InChI is InChI=1S/C26H34N2O2/c1-25(2,3)22-13-17(9-10-18(22)15-23(27)29)16-26(4,5)20-8-6-7-19(14-20)24(30)28-21-11-12-21/h6-10,13-14,21H,11-12,15-16H2,1-5H3,(H2,27,29)(H,28,30). The van der Waals surface area contributed by atoms with Gasteiger partial charge in [0.1, 0.15) is 0 Å². The van der Waals surface area contributed by atoms with Crippen molar-refractivity contribution in [3.05, 3.63) is 70.3 Å². The Balaban J connectivity index is 1.85. The van der Waals surface area contributed by atoms with Crippen LogP contribution < -0.4 is 11.1 Å². The van der Waals surface area contributed by atoms with Crippen LogP contribution in [0.2, 0.25) is 0 Å². The molecule has 0 unspecified atom stereocenters. The second-order valence-electron chi connectivity index (χ2n) is 10.3. The summed E-state index contributed by atoms with van der Waals surface area (Å²) < 4.78 is 0. The quantitative estimate of drug-likeness (QED) is 0.714. The van der Waals surface area contributed by atoms with Crippen molar-refractivity contribution < 1.29 is 9.59 Å². The molecule has 0 bridgehead atoms. The summed E-state index contributed by atoms with van der Waals surface area (Å²) in [6.07, 6.45) is 3.26. The van der Waals surface area contributed by atoms with Gasteiger partial charge in [-0.05, 0) is 64.5 Å². The van der Waals surface area contributed by atoms with Crippen molar-refractivity contribution in [2.24, 2.45) is 5.73 Å². The lowest BCUT2D eigenvalue weighted by Crippen LogP contribution is -2.27. The minimum atomic E-state index is -0.310. The average Bonchev–Trinajstić information content (AvgIpc) is 3.45. The van der Waals surface area contributed by atoms with Crippen molar-refractivity contribution in [3.8, 4) is 0 Å². The van der Waals surface area contributed by atoms with E-state index in [0.29, 0.717) is 6.04 Å². The largest absolute Gasteiger partial charge is 0.369 e. The van der Waals surface area contributed by atoms with E-state index in [1.54, 1.807) is 0 Å². The first kappa shape index (κ1) is 22.1. The van der Waals surface area contributed by atoms with Crippen LogP contribution in [0.1, 0.15) is 80.1 Å². The van der Waals surface area contributed by atoms with Gasteiger partial charge in [0.25, 0.3) is 5.91 Å². The fraction of sp³-hybridized carbons (Fsp3) is 0.462. The summed E-state index contributed by atoms with van der Waals surface area (Å²) >= 11 is 0. The molecule has 0 saturated heterocycles. The van der Waals surface area contributed by atoms with Crippen molar-refractivity contribution in [1.82, 2.24) is 5.32 Å². The summed E-state index contributed by atoms with van der Waals surface area (Å²) in [5.74, 6) is -0.296. The van der Waals surface area contributed by atoms with Gasteiger partial charge in [-0.15, -0.1) is 0 Å². The highest BCUT2D eigenvalue weighted by atomic mass is 16.2. The molecule has 3 N–H and O–H groups in total. The molecule has 3 rings (SSSR count).